The van der Waals surface area contributed by atoms with Gasteiger partial charge in [0, 0.05) is 13.6 Å². The van der Waals surface area contributed by atoms with Crippen LogP contribution in [0.3, 0.4) is 0 Å². The molecule has 3 rings (SSSR count). The van der Waals surface area contributed by atoms with E-state index in [1.54, 1.807) is 6.08 Å². The van der Waals surface area contributed by atoms with E-state index in [0.29, 0.717) is 23.5 Å². The summed E-state index contributed by atoms with van der Waals surface area (Å²) in [6.45, 7) is 2.30. The summed E-state index contributed by atoms with van der Waals surface area (Å²) >= 11 is 0. The average molecular weight is 296 g/mol. The van der Waals surface area contributed by atoms with Crippen molar-refractivity contribution in [2.45, 2.75) is 13.5 Å². The molecule has 2 heterocycles. The zero-order valence-electron chi connectivity index (χ0n) is 12.4. The summed E-state index contributed by atoms with van der Waals surface area (Å²) in [6.07, 6.45) is 3.69. The van der Waals surface area contributed by atoms with Gasteiger partial charge < -0.3 is 4.98 Å². The minimum absolute atomic E-state index is 0.344. The van der Waals surface area contributed by atoms with E-state index in [4.69, 9.17) is 0 Å². The van der Waals surface area contributed by atoms with Crippen LogP contribution in [0.15, 0.2) is 39.9 Å². The number of benzene rings is 1. The Bertz CT molecular complexity index is 961. The van der Waals surface area contributed by atoms with Gasteiger partial charge in [-0.2, -0.15) is 0 Å². The molecule has 112 valence electrons. The van der Waals surface area contributed by atoms with Gasteiger partial charge in [-0.3, -0.25) is 13.9 Å². The van der Waals surface area contributed by atoms with E-state index < -0.39 is 0 Å². The van der Waals surface area contributed by atoms with Crippen LogP contribution in [-0.4, -0.2) is 19.1 Å². The predicted molar refractivity (Wildman–Crippen MR) is 86.6 cm³/mol. The lowest BCUT2D eigenvalue weighted by Crippen LogP contribution is -2.37. The van der Waals surface area contributed by atoms with Gasteiger partial charge in [0.15, 0.2) is 5.65 Å². The Labute approximate surface area is 126 Å². The Morgan fingerprint density at radius 2 is 1.91 bits per heavy atom. The monoisotopic (exact) mass is 296 g/mol. The molecule has 3 aromatic rings. The smallest absolute Gasteiger partial charge is 0.332 e. The van der Waals surface area contributed by atoms with Crippen LogP contribution in [-0.2, 0) is 13.6 Å². The van der Waals surface area contributed by atoms with E-state index in [-0.39, 0.29) is 11.2 Å². The molecule has 0 saturated heterocycles. The second-order valence-corrected chi connectivity index (χ2v) is 4.96. The molecule has 6 heteroatoms. The molecule has 2 aromatic heterocycles. The number of nitrogens with one attached hydrogen (secondary N) is 1. The van der Waals surface area contributed by atoms with Crippen molar-refractivity contribution in [3.05, 3.63) is 62.6 Å². The average Bonchev–Trinajstić information content (AvgIpc) is 2.96. The Morgan fingerprint density at radius 3 is 2.59 bits per heavy atom. The number of fused-ring (bicyclic) bond motifs is 1. The molecule has 22 heavy (non-hydrogen) atoms. The van der Waals surface area contributed by atoms with Crippen molar-refractivity contribution >= 4 is 23.3 Å². The van der Waals surface area contributed by atoms with Crippen LogP contribution in [0.4, 0.5) is 0 Å². The third-order valence-electron chi connectivity index (χ3n) is 3.54. The van der Waals surface area contributed by atoms with Crippen LogP contribution in [0.1, 0.15) is 18.3 Å². The van der Waals surface area contributed by atoms with Crippen molar-refractivity contribution in [3.8, 4) is 0 Å². The van der Waals surface area contributed by atoms with Gasteiger partial charge in [-0.1, -0.05) is 36.4 Å². The van der Waals surface area contributed by atoms with Crippen molar-refractivity contribution in [2.24, 2.45) is 7.05 Å². The molecule has 1 aromatic carbocycles. The molecule has 0 radical (unpaired) electrons. The first kappa shape index (κ1) is 14.1. The van der Waals surface area contributed by atoms with Gasteiger partial charge in [-0.25, -0.2) is 9.78 Å². The molecule has 0 fully saturated rings. The van der Waals surface area contributed by atoms with E-state index in [9.17, 15) is 9.59 Å². The maximum absolute atomic E-state index is 12.2. The molecule has 0 amide bonds. The van der Waals surface area contributed by atoms with Gasteiger partial charge in [0.05, 0.1) is 0 Å². The number of aryl methyl sites for hydroxylation is 1. The summed E-state index contributed by atoms with van der Waals surface area (Å²) in [5, 5.41) is 0. The summed E-state index contributed by atoms with van der Waals surface area (Å²) in [4.78, 5) is 31.6. The molecule has 0 aliphatic rings. The highest BCUT2D eigenvalue weighted by Crippen LogP contribution is 2.09. The number of nitrogens with zero attached hydrogens (tertiary/aromatic N) is 3. The van der Waals surface area contributed by atoms with Crippen LogP contribution >= 0.6 is 0 Å². The number of hydrogen-bond donors (Lipinski definition) is 1. The van der Waals surface area contributed by atoms with Crippen LogP contribution in [0, 0.1) is 0 Å². The molecule has 0 aliphatic carbocycles. The molecule has 6 nitrogen and oxygen atoms in total. The third kappa shape index (κ3) is 2.28. The maximum Gasteiger partial charge on any atom is 0.332 e. The summed E-state index contributed by atoms with van der Waals surface area (Å²) in [7, 11) is 1.47. The first-order valence-corrected chi connectivity index (χ1v) is 7.04. The summed E-state index contributed by atoms with van der Waals surface area (Å²) in [5.74, 6) is 0.545. The van der Waals surface area contributed by atoms with E-state index >= 15 is 0 Å². The number of aromatic amines is 1. The molecule has 0 aliphatic heterocycles. The van der Waals surface area contributed by atoms with Crippen molar-refractivity contribution in [3.63, 3.8) is 0 Å². The van der Waals surface area contributed by atoms with E-state index in [2.05, 4.69) is 9.97 Å². The Kier molecular flexibility index (Phi) is 3.50. The zero-order valence-corrected chi connectivity index (χ0v) is 12.4. The van der Waals surface area contributed by atoms with Crippen molar-refractivity contribution in [2.75, 3.05) is 0 Å². The molecule has 0 atom stereocenters. The Balaban J connectivity index is 2.14. The highest BCUT2D eigenvalue weighted by molar-refractivity contribution is 5.75. The first-order valence-electron chi connectivity index (χ1n) is 7.04. The topological polar surface area (TPSA) is 72.7 Å². The molecule has 0 bridgehead atoms. The molecular formula is C16H16N4O2. The molecule has 1 N–H and O–H groups in total. The molecule has 0 unspecified atom stereocenters. The van der Waals surface area contributed by atoms with Gasteiger partial charge in [0.2, 0.25) is 0 Å². The SMILES string of the molecule is CCn1c(=O)n(C)c(=O)c2[nH]c(C=Cc3ccccc3)nc21. The normalized spacial score (nSPS) is 11.5. The van der Waals surface area contributed by atoms with Gasteiger partial charge in [-0.05, 0) is 18.6 Å². The van der Waals surface area contributed by atoms with Gasteiger partial charge in [0.25, 0.3) is 5.56 Å². The molecule has 0 saturated carbocycles. The predicted octanol–water partition coefficient (Wildman–Crippen LogP) is 1.61. The maximum atomic E-state index is 12.2. The first-order chi connectivity index (χ1) is 10.6. The van der Waals surface area contributed by atoms with Gasteiger partial charge in [0.1, 0.15) is 11.3 Å². The second-order valence-electron chi connectivity index (χ2n) is 4.96. The third-order valence-corrected chi connectivity index (χ3v) is 3.54. The fraction of sp³-hybridized carbons (Fsp3) is 0.188. The van der Waals surface area contributed by atoms with Crippen molar-refractivity contribution in [1.29, 1.82) is 0 Å². The van der Waals surface area contributed by atoms with Crippen LogP contribution in [0.2, 0.25) is 0 Å². The number of aromatic nitrogens is 4. The largest absolute Gasteiger partial charge is 0.333 e. The fourth-order valence-electron chi connectivity index (χ4n) is 2.36. The summed E-state index contributed by atoms with van der Waals surface area (Å²) in [5.41, 5.74) is 1.05. The van der Waals surface area contributed by atoms with E-state index in [1.807, 2.05) is 43.3 Å². The van der Waals surface area contributed by atoms with Crippen LogP contribution in [0.25, 0.3) is 23.3 Å². The van der Waals surface area contributed by atoms with E-state index in [1.165, 1.54) is 11.6 Å². The highest BCUT2D eigenvalue weighted by atomic mass is 16.2. The van der Waals surface area contributed by atoms with Crippen LogP contribution in [0.5, 0.6) is 0 Å². The number of H-pyrrole nitrogens is 1. The number of imidazole rings is 1. The fourth-order valence-corrected chi connectivity index (χ4v) is 2.36. The number of rotatable bonds is 3. The summed E-state index contributed by atoms with van der Waals surface area (Å²) < 4.78 is 2.57. The Morgan fingerprint density at radius 1 is 1.18 bits per heavy atom. The van der Waals surface area contributed by atoms with E-state index in [0.717, 1.165) is 10.1 Å². The zero-order chi connectivity index (χ0) is 15.7. The number of hydrogen-bond acceptors (Lipinski definition) is 3. The van der Waals surface area contributed by atoms with Crippen molar-refractivity contribution in [1.82, 2.24) is 19.1 Å². The lowest BCUT2D eigenvalue weighted by atomic mass is 10.2. The molecule has 0 spiro atoms. The highest BCUT2D eigenvalue weighted by Gasteiger charge is 2.13. The second kappa shape index (κ2) is 5.48. The quantitative estimate of drug-likeness (QED) is 0.798. The standard InChI is InChI=1S/C16H16N4O2/c1-3-20-14-13(15(21)19(2)16(20)22)17-12(18-14)10-9-11-7-5-4-6-8-11/h4-10H,3H2,1-2H3,(H,17,18). The van der Waals surface area contributed by atoms with Crippen LogP contribution < -0.4 is 11.2 Å². The summed E-state index contributed by atoms with van der Waals surface area (Å²) in [6, 6.07) is 9.79. The van der Waals surface area contributed by atoms with Crippen molar-refractivity contribution < 1.29 is 0 Å². The van der Waals surface area contributed by atoms with Gasteiger partial charge >= 0.3 is 5.69 Å². The van der Waals surface area contributed by atoms with Gasteiger partial charge in [-0.15, -0.1) is 0 Å². The Hall–Kier alpha value is -2.89. The minimum atomic E-state index is -0.364. The minimum Gasteiger partial charge on any atom is -0.333 e. The molecular weight excluding hydrogens is 280 g/mol. The lowest BCUT2D eigenvalue weighted by Gasteiger charge is -2.04. The lowest BCUT2D eigenvalue weighted by molar-refractivity contribution is 0.652.